The predicted molar refractivity (Wildman–Crippen MR) is 82.5 cm³/mol. The van der Waals surface area contributed by atoms with Gasteiger partial charge >= 0.3 is 0 Å². The maximum atomic E-state index is 12.5. The molecule has 0 amide bonds. The molecule has 1 aromatic rings. The van der Waals surface area contributed by atoms with E-state index in [0.717, 1.165) is 16.8 Å². The van der Waals surface area contributed by atoms with Crippen LogP contribution in [0.5, 0.6) is 0 Å². The van der Waals surface area contributed by atoms with Gasteiger partial charge in [-0.3, -0.25) is 0 Å². The van der Waals surface area contributed by atoms with E-state index in [0.29, 0.717) is 23.3 Å². The highest BCUT2D eigenvalue weighted by Gasteiger charge is 2.29. The summed E-state index contributed by atoms with van der Waals surface area (Å²) in [7, 11) is -1.59. The SMILES string of the molecule is CNc1cc(C)c(S(=O)(=O)NCC(C)C2CC2)c(C)c1. The van der Waals surface area contributed by atoms with Crippen LogP contribution in [0, 0.1) is 25.7 Å². The van der Waals surface area contributed by atoms with E-state index >= 15 is 0 Å². The van der Waals surface area contributed by atoms with Crippen molar-refractivity contribution in [1.82, 2.24) is 4.72 Å². The Balaban J connectivity index is 2.20. The summed E-state index contributed by atoms with van der Waals surface area (Å²) in [5.41, 5.74) is 2.49. The van der Waals surface area contributed by atoms with Gasteiger partial charge in [0.05, 0.1) is 4.90 Å². The number of nitrogens with one attached hydrogen (secondary N) is 2. The van der Waals surface area contributed by atoms with Crippen LogP contribution in [0.4, 0.5) is 5.69 Å². The summed E-state index contributed by atoms with van der Waals surface area (Å²) in [5, 5.41) is 3.05. The quantitative estimate of drug-likeness (QED) is 0.848. The van der Waals surface area contributed by atoms with E-state index in [4.69, 9.17) is 0 Å². The molecule has 1 aliphatic rings. The number of sulfonamides is 1. The van der Waals surface area contributed by atoms with Crippen LogP contribution >= 0.6 is 0 Å². The molecule has 0 aliphatic heterocycles. The van der Waals surface area contributed by atoms with Crippen molar-refractivity contribution in [3.63, 3.8) is 0 Å². The molecule has 1 atom stereocenters. The van der Waals surface area contributed by atoms with Crippen LogP contribution in [0.15, 0.2) is 17.0 Å². The zero-order valence-corrected chi connectivity index (χ0v) is 13.5. The van der Waals surface area contributed by atoms with Gasteiger partial charge < -0.3 is 5.32 Å². The standard InChI is InChI=1S/C15H24N2O2S/c1-10-7-14(16-4)8-11(2)15(10)20(18,19)17-9-12(3)13-5-6-13/h7-8,12-13,16-17H,5-6,9H2,1-4H3. The molecule has 0 bridgehead atoms. The van der Waals surface area contributed by atoms with E-state index in [-0.39, 0.29) is 0 Å². The average Bonchev–Trinajstić information content (AvgIpc) is 3.18. The molecule has 1 aliphatic carbocycles. The zero-order chi connectivity index (χ0) is 14.9. The van der Waals surface area contributed by atoms with Crippen LogP contribution in [0.2, 0.25) is 0 Å². The summed E-state index contributed by atoms with van der Waals surface area (Å²) in [6.45, 7) is 6.32. The van der Waals surface area contributed by atoms with Gasteiger partial charge in [-0.1, -0.05) is 6.92 Å². The lowest BCUT2D eigenvalue weighted by Gasteiger charge is -2.16. The molecule has 1 saturated carbocycles. The summed E-state index contributed by atoms with van der Waals surface area (Å²) in [6, 6.07) is 3.73. The summed E-state index contributed by atoms with van der Waals surface area (Å²) in [5.74, 6) is 1.12. The fourth-order valence-corrected chi connectivity index (χ4v) is 4.26. The van der Waals surface area contributed by atoms with Gasteiger partial charge in [-0.25, -0.2) is 13.1 Å². The van der Waals surface area contributed by atoms with Crippen LogP contribution in [0.3, 0.4) is 0 Å². The molecule has 1 aromatic carbocycles. The maximum Gasteiger partial charge on any atom is 0.241 e. The summed E-state index contributed by atoms with van der Waals surface area (Å²) in [4.78, 5) is 0.416. The minimum atomic E-state index is -3.43. The van der Waals surface area contributed by atoms with E-state index in [1.807, 2.05) is 33.0 Å². The van der Waals surface area contributed by atoms with E-state index in [2.05, 4.69) is 17.0 Å². The Labute approximate surface area is 122 Å². The van der Waals surface area contributed by atoms with E-state index in [1.165, 1.54) is 12.8 Å². The van der Waals surface area contributed by atoms with Crippen molar-refractivity contribution < 1.29 is 8.42 Å². The zero-order valence-electron chi connectivity index (χ0n) is 12.7. The van der Waals surface area contributed by atoms with Gasteiger partial charge in [0.2, 0.25) is 10.0 Å². The second kappa shape index (κ2) is 5.74. The first-order valence-corrected chi connectivity index (χ1v) is 8.62. The van der Waals surface area contributed by atoms with Crippen molar-refractivity contribution in [3.05, 3.63) is 23.3 Å². The Morgan fingerprint density at radius 3 is 2.25 bits per heavy atom. The van der Waals surface area contributed by atoms with Crippen LogP contribution < -0.4 is 10.0 Å². The molecule has 112 valence electrons. The predicted octanol–water partition coefficient (Wildman–Crippen LogP) is 2.67. The fourth-order valence-electron chi connectivity index (χ4n) is 2.66. The molecule has 4 nitrogen and oxygen atoms in total. The Morgan fingerprint density at radius 1 is 1.25 bits per heavy atom. The third kappa shape index (κ3) is 3.33. The Kier molecular flexibility index (Phi) is 4.39. The van der Waals surface area contributed by atoms with E-state index in [1.54, 1.807) is 0 Å². The second-order valence-electron chi connectivity index (χ2n) is 5.86. The van der Waals surface area contributed by atoms with Crippen molar-refractivity contribution in [1.29, 1.82) is 0 Å². The molecule has 0 radical (unpaired) electrons. The summed E-state index contributed by atoms with van der Waals surface area (Å²) in [6.07, 6.45) is 2.47. The minimum absolute atomic E-state index is 0.416. The largest absolute Gasteiger partial charge is 0.388 e. The molecule has 0 spiro atoms. The molecule has 0 aromatic heterocycles. The number of aryl methyl sites for hydroxylation is 2. The molecular weight excluding hydrogens is 272 g/mol. The molecule has 20 heavy (non-hydrogen) atoms. The first-order valence-electron chi connectivity index (χ1n) is 7.14. The lowest BCUT2D eigenvalue weighted by Crippen LogP contribution is -2.30. The van der Waals surface area contributed by atoms with E-state index in [9.17, 15) is 8.42 Å². The first kappa shape index (κ1) is 15.3. The lowest BCUT2D eigenvalue weighted by molar-refractivity contribution is 0.491. The summed E-state index contributed by atoms with van der Waals surface area (Å²) >= 11 is 0. The minimum Gasteiger partial charge on any atom is -0.388 e. The van der Waals surface area contributed by atoms with Gasteiger partial charge in [0.25, 0.3) is 0 Å². The highest BCUT2D eigenvalue weighted by molar-refractivity contribution is 7.89. The molecular formula is C15H24N2O2S. The van der Waals surface area contributed by atoms with Crippen LogP contribution in [-0.2, 0) is 10.0 Å². The molecule has 1 unspecified atom stereocenters. The topological polar surface area (TPSA) is 58.2 Å². The molecule has 2 N–H and O–H groups in total. The lowest BCUT2D eigenvalue weighted by atomic mass is 10.1. The fraction of sp³-hybridized carbons (Fsp3) is 0.600. The average molecular weight is 296 g/mol. The number of hydrogen-bond acceptors (Lipinski definition) is 3. The van der Waals surface area contributed by atoms with Gasteiger partial charge in [0.1, 0.15) is 0 Å². The number of hydrogen-bond donors (Lipinski definition) is 2. The second-order valence-corrected chi connectivity index (χ2v) is 7.56. The normalized spacial score (nSPS) is 17.0. The Hall–Kier alpha value is -1.07. The van der Waals surface area contributed by atoms with Crippen LogP contribution in [0.1, 0.15) is 30.9 Å². The Morgan fingerprint density at radius 2 is 1.80 bits per heavy atom. The Bertz CT molecular complexity index is 569. The highest BCUT2D eigenvalue weighted by Crippen LogP contribution is 2.36. The van der Waals surface area contributed by atoms with Gasteiger partial charge in [0, 0.05) is 19.3 Å². The van der Waals surface area contributed by atoms with Gasteiger partial charge in [-0.15, -0.1) is 0 Å². The number of rotatable bonds is 6. The number of anilines is 1. The first-order chi connectivity index (χ1) is 9.35. The number of benzene rings is 1. The smallest absolute Gasteiger partial charge is 0.241 e. The van der Waals surface area contributed by atoms with Gasteiger partial charge in [-0.05, 0) is 61.8 Å². The van der Waals surface area contributed by atoms with Crippen molar-refractivity contribution in [2.75, 3.05) is 18.9 Å². The van der Waals surface area contributed by atoms with Crippen LogP contribution in [0.25, 0.3) is 0 Å². The monoisotopic (exact) mass is 296 g/mol. The molecule has 5 heteroatoms. The van der Waals surface area contributed by atoms with Crippen LogP contribution in [-0.4, -0.2) is 22.0 Å². The third-order valence-corrected chi connectivity index (χ3v) is 5.77. The van der Waals surface area contributed by atoms with Gasteiger partial charge in [-0.2, -0.15) is 0 Å². The molecule has 1 fully saturated rings. The molecule has 0 saturated heterocycles. The maximum absolute atomic E-state index is 12.5. The highest BCUT2D eigenvalue weighted by atomic mass is 32.2. The van der Waals surface area contributed by atoms with Crippen molar-refractivity contribution in [3.8, 4) is 0 Å². The van der Waals surface area contributed by atoms with E-state index < -0.39 is 10.0 Å². The van der Waals surface area contributed by atoms with Crippen molar-refractivity contribution in [2.24, 2.45) is 11.8 Å². The third-order valence-electron chi connectivity index (χ3n) is 4.04. The summed E-state index contributed by atoms with van der Waals surface area (Å²) < 4.78 is 27.7. The van der Waals surface area contributed by atoms with Crippen molar-refractivity contribution >= 4 is 15.7 Å². The molecule has 2 rings (SSSR count). The van der Waals surface area contributed by atoms with Gasteiger partial charge in [0.15, 0.2) is 0 Å². The van der Waals surface area contributed by atoms with Crippen molar-refractivity contribution in [2.45, 2.75) is 38.5 Å². The molecule has 0 heterocycles.